The smallest absolute Gasteiger partial charge is 0.254 e. The van der Waals surface area contributed by atoms with E-state index in [1.54, 1.807) is 23.1 Å². The Balaban J connectivity index is 1.43. The van der Waals surface area contributed by atoms with Gasteiger partial charge in [0, 0.05) is 35.7 Å². The van der Waals surface area contributed by atoms with Gasteiger partial charge in [-0.2, -0.15) is 0 Å². The van der Waals surface area contributed by atoms with E-state index in [4.69, 9.17) is 0 Å². The van der Waals surface area contributed by atoms with E-state index in [0.717, 1.165) is 65.9 Å². The number of benzene rings is 1. The van der Waals surface area contributed by atoms with E-state index in [1.165, 1.54) is 6.42 Å². The van der Waals surface area contributed by atoms with Gasteiger partial charge < -0.3 is 10.2 Å². The van der Waals surface area contributed by atoms with Crippen LogP contribution in [0.5, 0.6) is 0 Å². The monoisotopic (exact) mass is 387 g/mol. The third-order valence-electron chi connectivity index (χ3n) is 5.60. The minimum absolute atomic E-state index is 0.184. The molecule has 4 rings (SSSR count). The number of aromatic nitrogens is 1. The number of nitrogens with zero attached hydrogens (tertiary/aromatic N) is 2. The molecular weight excluding hydrogens is 362 g/mol. The Labute approximate surface area is 163 Å². The number of aryl methyl sites for hydroxylation is 1. The van der Waals surface area contributed by atoms with Crippen molar-refractivity contribution in [1.29, 1.82) is 0 Å². The van der Waals surface area contributed by atoms with E-state index in [0.29, 0.717) is 5.41 Å². The standard InChI is InChI=1S/C20H25N3OS2/c1-15-22-16(12-25-15)13-26-18-5-3-2-4-17(18)19(24)23-10-7-20(8-11-23)6-9-21-14-20/h2-5,12,21H,6-11,13-14H2,1H3. The molecule has 1 spiro atoms. The van der Waals surface area contributed by atoms with Gasteiger partial charge in [-0.05, 0) is 50.3 Å². The highest BCUT2D eigenvalue weighted by Crippen LogP contribution is 2.37. The number of thiazole rings is 1. The molecule has 1 N–H and O–H groups in total. The minimum Gasteiger partial charge on any atom is -0.339 e. The summed E-state index contributed by atoms with van der Waals surface area (Å²) in [6, 6.07) is 8.01. The maximum atomic E-state index is 13.1. The Bertz CT molecular complexity index is 773. The number of hydrogen-bond donors (Lipinski definition) is 1. The van der Waals surface area contributed by atoms with Gasteiger partial charge in [-0.3, -0.25) is 4.79 Å². The van der Waals surface area contributed by atoms with E-state index >= 15 is 0 Å². The Morgan fingerprint density at radius 2 is 2.12 bits per heavy atom. The Morgan fingerprint density at radius 1 is 1.31 bits per heavy atom. The number of nitrogens with one attached hydrogen (secondary N) is 1. The number of piperidine rings is 1. The predicted octanol–water partition coefficient (Wildman–Crippen LogP) is 3.96. The Morgan fingerprint density at radius 3 is 2.81 bits per heavy atom. The van der Waals surface area contributed by atoms with Crippen LogP contribution in [0.2, 0.25) is 0 Å². The predicted molar refractivity (Wildman–Crippen MR) is 108 cm³/mol. The first-order chi connectivity index (χ1) is 12.7. The molecule has 0 bridgehead atoms. The fourth-order valence-electron chi connectivity index (χ4n) is 3.97. The summed E-state index contributed by atoms with van der Waals surface area (Å²) in [6.45, 7) is 6.03. The van der Waals surface area contributed by atoms with Gasteiger partial charge in [0.25, 0.3) is 5.91 Å². The van der Waals surface area contributed by atoms with Crippen LogP contribution < -0.4 is 5.32 Å². The van der Waals surface area contributed by atoms with Crippen LogP contribution in [0, 0.1) is 12.3 Å². The number of hydrogen-bond acceptors (Lipinski definition) is 5. The van der Waals surface area contributed by atoms with Gasteiger partial charge in [0.05, 0.1) is 16.3 Å². The summed E-state index contributed by atoms with van der Waals surface area (Å²) >= 11 is 3.39. The van der Waals surface area contributed by atoms with Crippen molar-refractivity contribution in [2.75, 3.05) is 26.2 Å². The molecule has 0 saturated carbocycles. The first-order valence-electron chi connectivity index (χ1n) is 9.28. The summed E-state index contributed by atoms with van der Waals surface area (Å²) in [5.41, 5.74) is 2.37. The average Bonchev–Trinajstić information content (AvgIpc) is 3.29. The van der Waals surface area contributed by atoms with Crippen molar-refractivity contribution in [2.45, 2.75) is 36.8 Å². The summed E-state index contributed by atoms with van der Waals surface area (Å²) in [6.07, 6.45) is 3.51. The number of likely N-dealkylation sites (tertiary alicyclic amines) is 1. The highest BCUT2D eigenvalue weighted by atomic mass is 32.2. The van der Waals surface area contributed by atoms with Crippen molar-refractivity contribution in [3.05, 3.63) is 45.9 Å². The summed E-state index contributed by atoms with van der Waals surface area (Å²) in [7, 11) is 0. The number of carbonyl (C=O) groups is 1. The van der Waals surface area contributed by atoms with Gasteiger partial charge in [-0.15, -0.1) is 23.1 Å². The Kier molecular flexibility index (Phi) is 5.34. The van der Waals surface area contributed by atoms with Crippen molar-refractivity contribution in [3.8, 4) is 0 Å². The molecule has 2 aromatic rings. The molecule has 0 radical (unpaired) electrons. The summed E-state index contributed by atoms with van der Waals surface area (Å²) in [5, 5.41) is 6.68. The zero-order chi connectivity index (χ0) is 18.0. The molecule has 2 saturated heterocycles. The maximum absolute atomic E-state index is 13.1. The van der Waals surface area contributed by atoms with E-state index in [9.17, 15) is 4.79 Å². The normalized spacial score (nSPS) is 19.2. The minimum atomic E-state index is 0.184. The molecule has 1 amide bonds. The van der Waals surface area contributed by atoms with Crippen LogP contribution in [0.1, 0.15) is 40.3 Å². The fourth-order valence-corrected chi connectivity index (χ4v) is 5.63. The molecule has 2 fully saturated rings. The van der Waals surface area contributed by atoms with Crippen LogP contribution in [0.15, 0.2) is 34.5 Å². The van der Waals surface area contributed by atoms with Gasteiger partial charge in [0.2, 0.25) is 0 Å². The highest BCUT2D eigenvalue weighted by Gasteiger charge is 2.38. The van der Waals surface area contributed by atoms with Gasteiger partial charge >= 0.3 is 0 Å². The largest absolute Gasteiger partial charge is 0.339 e. The van der Waals surface area contributed by atoms with Gasteiger partial charge in [0.1, 0.15) is 0 Å². The zero-order valence-corrected chi connectivity index (χ0v) is 16.8. The van der Waals surface area contributed by atoms with Crippen molar-refractivity contribution in [2.24, 2.45) is 5.41 Å². The molecule has 26 heavy (non-hydrogen) atoms. The van der Waals surface area contributed by atoms with Crippen LogP contribution in [-0.2, 0) is 5.75 Å². The number of amides is 1. The lowest BCUT2D eigenvalue weighted by atomic mass is 9.78. The lowest BCUT2D eigenvalue weighted by Gasteiger charge is -2.39. The Hall–Kier alpha value is -1.37. The summed E-state index contributed by atoms with van der Waals surface area (Å²) in [4.78, 5) is 20.8. The topological polar surface area (TPSA) is 45.2 Å². The molecule has 138 valence electrons. The van der Waals surface area contributed by atoms with Crippen LogP contribution in [0.3, 0.4) is 0 Å². The summed E-state index contributed by atoms with van der Waals surface area (Å²) < 4.78 is 0. The number of rotatable bonds is 4. The van der Waals surface area contributed by atoms with E-state index in [2.05, 4.69) is 26.6 Å². The average molecular weight is 388 g/mol. The van der Waals surface area contributed by atoms with Gasteiger partial charge in [-0.1, -0.05) is 12.1 Å². The van der Waals surface area contributed by atoms with Crippen LogP contribution in [-0.4, -0.2) is 42.0 Å². The van der Waals surface area contributed by atoms with Crippen LogP contribution >= 0.6 is 23.1 Å². The molecule has 2 aliphatic heterocycles. The summed E-state index contributed by atoms with van der Waals surface area (Å²) in [5.74, 6) is 0.993. The second-order valence-electron chi connectivity index (χ2n) is 7.36. The molecule has 0 atom stereocenters. The molecule has 3 heterocycles. The highest BCUT2D eigenvalue weighted by molar-refractivity contribution is 7.98. The molecule has 6 heteroatoms. The lowest BCUT2D eigenvalue weighted by molar-refractivity contribution is 0.0604. The third-order valence-corrected chi connectivity index (χ3v) is 7.53. The van der Waals surface area contributed by atoms with Crippen LogP contribution in [0.4, 0.5) is 0 Å². The molecule has 0 aliphatic carbocycles. The SMILES string of the molecule is Cc1nc(CSc2ccccc2C(=O)N2CCC3(CCNC3)CC2)cs1. The van der Waals surface area contributed by atoms with E-state index in [1.807, 2.05) is 25.1 Å². The first kappa shape index (κ1) is 18.0. The second kappa shape index (κ2) is 7.71. The van der Waals surface area contributed by atoms with Gasteiger partial charge in [0.15, 0.2) is 0 Å². The lowest BCUT2D eigenvalue weighted by Crippen LogP contribution is -2.44. The molecule has 4 nitrogen and oxygen atoms in total. The molecule has 1 aromatic heterocycles. The van der Waals surface area contributed by atoms with Crippen molar-refractivity contribution < 1.29 is 4.79 Å². The third kappa shape index (κ3) is 3.82. The number of thioether (sulfide) groups is 1. The van der Waals surface area contributed by atoms with E-state index in [-0.39, 0.29) is 5.91 Å². The second-order valence-corrected chi connectivity index (χ2v) is 9.44. The quantitative estimate of drug-likeness (QED) is 0.807. The van der Waals surface area contributed by atoms with Gasteiger partial charge in [-0.25, -0.2) is 4.98 Å². The maximum Gasteiger partial charge on any atom is 0.254 e. The first-order valence-corrected chi connectivity index (χ1v) is 11.1. The molecule has 2 aliphatic rings. The fraction of sp³-hybridized carbons (Fsp3) is 0.500. The number of carbonyl (C=O) groups excluding carboxylic acids is 1. The van der Waals surface area contributed by atoms with Crippen molar-refractivity contribution in [1.82, 2.24) is 15.2 Å². The van der Waals surface area contributed by atoms with Crippen molar-refractivity contribution in [3.63, 3.8) is 0 Å². The van der Waals surface area contributed by atoms with Crippen LogP contribution in [0.25, 0.3) is 0 Å². The van der Waals surface area contributed by atoms with E-state index < -0.39 is 0 Å². The molecular formula is C20H25N3OS2. The molecule has 0 unspecified atom stereocenters. The zero-order valence-electron chi connectivity index (χ0n) is 15.2. The molecule has 1 aromatic carbocycles. The van der Waals surface area contributed by atoms with Crippen molar-refractivity contribution >= 4 is 29.0 Å².